The van der Waals surface area contributed by atoms with Crippen molar-refractivity contribution in [3.05, 3.63) is 70.5 Å². The van der Waals surface area contributed by atoms with E-state index in [1.807, 2.05) is 0 Å². The fourth-order valence-electron chi connectivity index (χ4n) is 2.67. The van der Waals surface area contributed by atoms with E-state index in [0.717, 1.165) is 0 Å². The standard InChI is InChI=1S/C20H19FN2O4/c1-2-19(25)13-3-6-16(7-4-13)27-11-15(24)10-23-12-22-18-9-14(21)5-8-17(18)20(23)26/h3-9,12,15,24H,2,10-11H2,1H3. The third kappa shape index (κ3) is 4.38. The van der Waals surface area contributed by atoms with Crippen molar-refractivity contribution >= 4 is 16.7 Å². The number of aliphatic hydroxyl groups is 1. The van der Waals surface area contributed by atoms with Gasteiger partial charge in [0.25, 0.3) is 5.56 Å². The molecular formula is C20H19FN2O4. The maximum Gasteiger partial charge on any atom is 0.261 e. The molecule has 0 fully saturated rings. The Hall–Kier alpha value is -3.06. The van der Waals surface area contributed by atoms with Gasteiger partial charge in [0.2, 0.25) is 0 Å². The number of aliphatic hydroxyl groups excluding tert-OH is 1. The monoisotopic (exact) mass is 370 g/mol. The Bertz CT molecular complexity index is 1010. The molecule has 0 saturated carbocycles. The maximum atomic E-state index is 13.2. The molecule has 27 heavy (non-hydrogen) atoms. The van der Waals surface area contributed by atoms with Crippen molar-refractivity contribution in [1.82, 2.24) is 9.55 Å². The average Bonchev–Trinajstić information content (AvgIpc) is 2.68. The van der Waals surface area contributed by atoms with Crippen molar-refractivity contribution in [1.29, 1.82) is 0 Å². The Labute approximate surface area is 154 Å². The van der Waals surface area contributed by atoms with Gasteiger partial charge in [-0.1, -0.05) is 6.92 Å². The smallest absolute Gasteiger partial charge is 0.261 e. The number of rotatable bonds is 7. The van der Waals surface area contributed by atoms with E-state index in [2.05, 4.69) is 4.98 Å². The highest BCUT2D eigenvalue weighted by Gasteiger charge is 2.11. The second kappa shape index (κ2) is 8.09. The highest BCUT2D eigenvalue weighted by atomic mass is 19.1. The second-order valence-electron chi connectivity index (χ2n) is 6.13. The van der Waals surface area contributed by atoms with Gasteiger partial charge < -0.3 is 9.84 Å². The summed E-state index contributed by atoms with van der Waals surface area (Å²) in [6, 6.07) is 10.4. The Morgan fingerprint density at radius 3 is 2.70 bits per heavy atom. The molecular weight excluding hydrogens is 351 g/mol. The van der Waals surface area contributed by atoms with Crippen LogP contribution in [0, 0.1) is 5.82 Å². The SMILES string of the molecule is CCC(=O)c1ccc(OCC(O)Cn2cnc3cc(F)ccc3c2=O)cc1. The number of Topliss-reactive ketones (excluding diaryl/α,β-unsaturated/α-hetero) is 1. The molecule has 1 heterocycles. The van der Waals surface area contributed by atoms with Gasteiger partial charge in [0.15, 0.2) is 5.78 Å². The van der Waals surface area contributed by atoms with Crippen molar-refractivity contribution < 1.29 is 19.0 Å². The molecule has 0 bridgehead atoms. The summed E-state index contributed by atoms with van der Waals surface area (Å²) < 4.78 is 20.0. The van der Waals surface area contributed by atoms with Gasteiger partial charge in [-0.15, -0.1) is 0 Å². The largest absolute Gasteiger partial charge is 0.491 e. The van der Waals surface area contributed by atoms with E-state index in [0.29, 0.717) is 17.7 Å². The Morgan fingerprint density at radius 1 is 1.26 bits per heavy atom. The predicted octanol–water partition coefficient (Wildman–Crippen LogP) is 2.57. The topological polar surface area (TPSA) is 81.4 Å². The summed E-state index contributed by atoms with van der Waals surface area (Å²) in [7, 11) is 0. The minimum atomic E-state index is -0.945. The molecule has 1 aromatic heterocycles. The molecule has 7 heteroatoms. The third-order valence-corrected chi connectivity index (χ3v) is 4.13. The number of ketones is 1. The zero-order valence-corrected chi connectivity index (χ0v) is 14.8. The Morgan fingerprint density at radius 2 is 2.00 bits per heavy atom. The fraction of sp³-hybridized carbons (Fsp3) is 0.250. The minimum absolute atomic E-state index is 0.00838. The summed E-state index contributed by atoms with van der Waals surface area (Å²) in [5.74, 6) is 0.0954. The van der Waals surface area contributed by atoms with Crippen LogP contribution in [0.15, 0.2) is 53.6 Å². The molecule has 0 amide bonds. The molecule has 1 unspecified atom stereocenters. The number of benzene rings is 2. The number of hydrogen-bond acceptors (Lipinski definition) is 5. The number of carbonyl (C=O) groups is 1. The molecule has 1 atom stereocenters. The van der Waals surface area contributed by atoms with Crippen LogP contribution >= 0.6 is 0 Å². The van der Waals surface area contributed by atoms with Crippen molar-refractivity contribution in [2.45, 2.75) is 26.0 Å². The molecule has 0 spiro atoms. The van der Waals surface area contributed by atoms with Gasteiger partial charge in [0.1, 0.15) is 24.3 Å². The van der Waals surface area contributed by atoms with E-state index < -0.39 is 11.9 Å². The molecule has 0 saturated heterocycles. The van der Waals surface area contributed by atoms with E-state index in [9.17, 15) is 19.1 Å². The fourth-order valence-corrected chi connectivity index (χ4v) is 2.67. The van der Waals surface area contributed by atoms with Crippen LogP contribution in [-0.4, -0.2) is 33.2 Å². The van der Waals surface area contributed by atoms with Gasteiger partial charge in [-0.3, -0.25) is 14.2 Å². The van der Waals surface area contributed by atoms with Crippen molar-refractivity contribution in [3.8, 4) is 5.75 Å². The molecule has 140 valence electrons. The summed E-state index contributed by atoms with van der Waals surface area (Å²) in [6.07, 6.45) is 0.762. The van der Waals surface area contributed by atoms with E-state index in [1.165, 1.54) is 29.1 Å². The number of nitrogens with zero attached hydrogens (tertiary/aromatic N) is 2. The number of aromatic nitrogens is 2. The molecule has 6 nitrogen and oxygen atoms in total. The van der Waals surface area contributed by atoms with E-state index in [4.69, 9.17) is 4.74 Å². The molecule has 0 aliphatic heterocycles. The lowest BCUT2D eigenvalue weighted by atomic mass is 10.1. The van der Waals surface area contributed by atoms with Crippen LogP contribution in [0.25, 0.3) is 10.9 Å². The van der Waals surface area contributed by atoms with Crippen LogP contribution < -0.4 is 10.3 Å². The lowest BCUT2D eigenvalue weighted by Crippen LogP contribution is -2.30. The summed E-state index contributed by atoms with van der Waals surface area (Å²) in [6.45, 7) is 1.75. The predicted molar refractivity (Wildman–Crippen MR) is 98.5 cm³/mol. The van der Waals surface area contributed by atoms with Crippen molar-refractivity contribution in [3.63, 3.8) is 0 Å². The molecule has 1 N–H and O–H groups in total. The lowest BCUT2D eigenvalue weighted by Gasteiger charge is -2.14. The molecule has 3 aromatic rings. The van der Waals surface area contributed by atoms with Gasteiger partial charge in [-0.25, -0.2) is 9.37 Å². The lowest BCUT2D eigenvalue weighted by molar-refractivity contribution is 0.0913. The zero-order valence-electron chi connectivity index (χ0n) is 14.8. The van der Waals surface area contributed by atoms with Gasteiger partial charge in [0, 0.05) is 18.1 Å². The van der Waals surface area contributed by atoms with Gasteiger partial charge in [-0.2, -0.15) is 0 Å². The first-order valence-corrected chi connectivity index (χ1v) is 8.56. The third-order valence-electron chi connectivity index (χ3n) is 4.13. The van der Waals surface area contributed by atoms with Gasteiger partial charge >= 0.3 is 0 Å². The van der Waals surface area contributed by atoms with Crippen LogP contribution in [0.1, 0.15) is 23.7 Å². The molecule has 0 radical (unpaired) electrons. The quantitative estimate of drug-likeness (QED) is 0.647. The Balaban J connectivity index is 1.64. The number of hydrogen-bond donors (Lipinski definition) is 1. The second-order valence-corrected chi connectivity index (χ2v) is 6.13. The van der Waals surface area contributed by atoms with E-state index >= 15 is 0 Å². The molecule has 3 rings (SSSR count). The summed E-state index contributed by atoms with van der Waals surface area (Å²) >= 11 is 0. The van der Waals surface area contributed by atoms with Gasteiger partial charge in [-0.05, 0) is 36.4 Å². The highest BCUT2D eigenvalue weighted by molar-refractivity contribution is 5.95. The van der Waals surface area contributed by atoms with Crippen LogP contribution in [0.4, 0.5) is 4.39 Å². The molecule has 0 aliphatic carbocycles. The average molecular weight is 370 g/mol. The molecule has 2 aromatic carbocycles. The van der Waals surface area contributed by atoms with Crippen molar-refractivity contribution in [2.75, 3.05) is 6.61 Å². The first kappa shape index (κ1) is 18.7. The zero-order chi connectivity index (χ0) is 19.4. The summed E-state index contributed by atoms with van der Waals surface area (Å²) in [5.41, 5.74) is 0.515. The van der Waals surface area contributed by atoms with Crippen LogP contribution in [-0.2, 0) is 6.54 Å². The maximum absolute atomic E-state index is 13.2. The number of fused-ring (bicyclic) bond motifs is 1. The summed E-state index contributed by atoms with van der Waals surface area (Å²) in [5, 5.41) is 10.4. The summed E-state index contributed by atoms with van der Waals surface area (Å²) in [4.78, 5) is 28.0. The minimum Gasteiger partial charge on any atom is -0.491 e. The van der Waals surface area contributed by atoms with Crippen molar-refractivity contribution in [2.24, 2.45) is 0 Å². The van der Waals surface area contributed by atoms with Crippen LogP contribution in [0.5, 0.6) is 5.75 Å². The first-order chi connectivity index (χ1) is 13.0. The highest BCUT2D eigenvalue weighted by Crippen LogP contribution is 2.14. The number of ether oxygens (including phenoxy) is 1. The number of halogens is 1. The Kier molecular flexibility index (Phi) is 5.61. The number of carbonyl (C=O) groups excluding carboxylic acids is 1. The normalized spacial score (nSPS) is 12.1. The first-order valence-electron chi connectivity index (χ1n) is 8.56. The van der Waals surface area contributed by atoms with E-state index in [1.54, 1.807) is 31.2 Å². The van der Waals surface area contributed by atoms with Crippen LogP contribution in [0.3, 0.4) is 0 Å². The van der Waals surface area contributed by atoms with Crippen LogP contribution in [0.2, 0.25) is 0 Å². The van der Waals surface area contributed by atoms with E-state index in [-0.39, 0.29) is 35.4 Å². The molecule has 0 aliphatic rings. The van der Waals surface area contributed by atoms with Gasteiger partial charge in [0.05, 0.1) is 23.8 Å².